The SMILES string of the molecule is CC(C)(C)CNC(=O)c1cncc(N2CCOc3cc(C(=O)N4CCC(F)(F)CC4)cnc32)c1.[HH]. The molecule has 34 heavy (non-hydrogen) atoms. The van der Waals surface area contributed by atoms with Gasteiger partial charge in [0.25, 0.3) is 17.7 Å². The van der Waals surface area contributed by atoms with E-state index >= 15 is 0 Å². The number of piperidine rings is 1. The number of rotatable bonds is 4. The Morgan fingerprint density at radius 2 is 1.85 bits per heavy atom. The number of anilines is 2. The number of carbonyl (C=O) groups excluding carboxylic acids is 2. The summed E-state index contributed by atoms with van der Waals surface area (Å²) in [5, 5.41) is 2.92. The lowest BCUT2D eigenvalue weighted by atomic mass is 9.97. The molecule has 2 aliphatic heterocycles. The molecule has 4 heterocycles. The number of hydrogen-bond donors (Lipinski definition) is 1. The summed E-state index contributed by atoms with van der Waals surface area (Å²) in [6.07, 6.45) is 3.91. The molecule has 10 heteroatoms. The maximum atomic E-state index is 13.4. The van der Waals surface area contributed by atoms with Crippen molar-refractivity contribution >= 4 is 23.3 Å². The van der Waals surface area contributed by atoms with Gasteiger partial charge in [-0.25, -0.2) is 13.8 Å². The zero-order chi connectivity index (χ0) is 24.5. The van der Waals surface area contributed by atoms with Crippen molar-refractivity contribution in [2.45, 2.75) is 39.5 Å². The van der Waals surface area contributed by atoms with Crippen LogP contribution in [0.25, 0.3) is 0 Å². The third kappa shape index (κ3) is 5.43. The monoisotopic (exact) mass is 475 g/mol. The Bertz CT molecular complexity index is 1080. The molecule has 2 amide bonds. The molecule has 1 N–H and O–H groups in total. The number of hydrogen-bond acceptors (Lipinski definition) is 6. The van der Waals surface area contributed by atoms with Crippen LogP contribution < -0.4 is 15.0 Å². The maximum Gasteiger partial charge on any atom is 0.255 e. The van der Waals surface area contributed by atoms with Crippen molar-refractivity contribution in [2.75, 3.05) is 37.7 Å². The molecular formula is C24H31F2N5O3. The summed E-state index contributed by atoms with van der Waals surface area (Å²) in [4.78, 5) is 37.4. The van der Waals surface area contributed by atoms with E-state index in [0.717, 1.165) is 0 Å². The molecule has 0 atom stereocenters. The van der Waals surface area contributed by atoms with Crippen LogP contribution in [0.5, 0.6) is 5.75 Å². The lowest BCUT2D eigenvalue weighted by Crippen LogP contribution is -2.42. The first-order chi connectivity index (χ1) is 16.0. The second-order valence-corrected chi connectivity index (χ2v) is 9.87. The highest BCUT2D eigenvalue weighted by atomic mass is 19.3. The number of alkyl halides is 2. The van der Waals surface area contributed by atoms with Crippen molar-refractivity contribution in [1.82, 2.24) is 20.2 Å². The van der Waals surface area contributed by atoms with Crippen LogP contribution in [0.4, 0.5) is 20.3 Å². The lowest BCUT2D eigenvalue weighted by molar-refractivity contribution is -0.0494. The Morgan fingerprint density at radius 3 is 2.56 bits per heavy atom. The predicted molar refractivity (Wildman–Crippen MR) is 125 cm³/mol. The summed E-state index contributed by atoms with van der Waals surface area (Å²) in [7, 11) is 0. The molecule has 2 aliphatic rings. The van der Waals surface area contributed by atoms with Crippen LogP contribution >= 0.6 is 0 Å². The highest BCUT2D eigenvalue weighted by molar-refractivity contribution is 5.96. The fraction of sp³-hybridized carbons (Fsp3) is 0.500. The van der Waals surface area contributed by atoms with Gasteiger partial charge in [-0.15, -0.1) is 0 Å². The van der Waals surface area contributed by atoms with Crippen LogP contribution in [-0.2, 0) is 0 Å². The second kappa shape index (κ2) is 9.15. The molecule has 184 valence electrons. The van der Waals surface area contributed by atoms with Gasteiger partial charge in [-0.3, -0.25) is 14.6 Å². The van der Waals surface area contributed by atoms with Gasteiger partial charge in [-0.05, 0) is 17.5 Å². The van der Waals surface area contributed by atoms with Gasteiger partial charge < -0.3 is 19.9 Å². The number of carbonyl (C=O) groups is 2. The van der Waals surface area contributed by atoms with E-state index in [1.165, 1.54) is 17.3 Å². The summed E-state index contributed by atoms with van der Waals surface area (Å²) in [5.74, 6) is -2.35. The molecule has 0 unspecified atom stereocenters. The highest BCUT2D eigenvalue weighted by Crippen LogP contribution is 2.36. The minimum Gasteiger partial charge on any atom is -0.488 e. The minimum atomic E-state index is -2.72. The number of pyridine rings is 2. The average Bonchev–Trinajstić information content (AvgIpc) is 2.81. The van der Waals surface area contributed by atoms with E-state index in [1.807, 2.05) is 25.7 Å². The molecule has 2 aromatic heterocycles. The number of amides is 2. The Balaban J connectivity index is 0.00000342. The fourth-order valence-corrected chi connectivity index (χ4v) is 3.83. The maximum absolute atomic E-state index is 13.4. The number of likely N-dealkylation sites (tertiary alicyclic amines) is 1. The van der Waals surface area contributed by atoms with Gasteiger partial charge in [-0.1, -0.05) is 20.8 Å². The van der Waals surface area contributed by atoms with Crippen LogP contribution in [0, 0.1) is 5.41 Å². The van der Waals surface area contributed by atoms with E-state index in [4.69, 9.17) is 4.74 Å². The van der Waals surface area contributed by atoms with E-state index in [-0.39, 0.29) is 44.6 Å². The number of aromatic nitrogens is 2. The van der Waals surface area contributed by atoms with E-state index in [9.17, 15) is 18.4 Å². The number of nitrogens with one attached hydrogen (secondary N) is 1. The molecule has 4 rings (SSSR count). The average molecular weight is 476 g/mol. The third-order valence-corrected chi connectivity index (χ3v) is 5.77. The molecule has 1 fully saturated rings. The third-order valence-electron chi connectivity index (χ3n) is 5.77. The largest absolute Gasteiger partial charge is 0.488 e. The van der Waals surface area contributed by atoms with Crippen LogP contribution in [0.2, 0.25) is 0 Å². The van der Waals surface area contributed by atoms with Gasteiger partial charge in [0.15, 0.2) is 11.6 Å². The van der Waals surface area contributed by atoms with Crippen LogP contribution in [0.3, 0.4) is 0 Å². The second-order valence-electron chi connectivity index (χ2n) is 9.87. The zero-order valence-corrected chi connectivity index (χ0v) is 19.6. The molecular weight excluding hydrogens is 444 g/mol. The van der Waals surface area contributed by atoms with Crippen molar-refractivity contribution in [3.05, 3.63) is 41.9 Å². The molecule has 0 aromatic carbocycles. The van der Waals surface area contributed by atoms with Crippen molar-refractivity contribution in [3.63, 3.8) is 0 Å². The van der Waals surface area contributed by atoms with E-state index < -0.39 is 5.92 Å². The molecule has 0 bridgehead atoms. The first-order valence-electron chi connectivity index (χ1n) is 11.3. The molecule has 0 saturated carbocycles. The van der Waals surface area contributed by atoms with Gasteiger partial charge in [0.1, 0.15) is 6.61 Å². The van der Waals surface area contributed by atoms with Crippen molar-refractivity contribution in [1.29, 1.82) is 0 Å². The number of halogens is 2. The van der Waals surface area contributed by atoms with Gasteiger partial charge in [0, 0.05) is 46.3 Å². The predicted octanol–water partition coefficient (Wildman–Crippen LogP) is 3.90. The van der Waals surface area contributed by atoms with Crippen LogP contribution in [0.1, 0.15) is 55.8 Å². The van der Waals surface area contributed by atoms with E-state index in [2.05, 4.69) is 15.3 Å². The normalized spacial score (nSPS) is 17.6. The van der Waals surface area contributed by atoms with Gasteiger partial charge >= 0.3 is 0 Å². The van der Waals surface area contributed by atoms with Crippen molar-refractivity contribution < 1.29 is 24.5 Å². The van der Waals surface area contributed by atoms with E-state index in [1.54, 1.807) is 18.3 Å². The first-order valence-corrected chi connectivity index (χ1v) is 11.3. The van der Waals surface area contributed by atoms with Gasteiger partial charge in [-0.2, -0.15) is 0 Å². The quantitative estimate of drug-likeness (QED) is 0.722. The molecule has 1 saturated heterocycles. The van der Waals surface area contributed by atoms with Crippen LogP contribution in [-0.4, -0.2) is 65.4 Å². The first kappa shape index (κ1) is 23.8. The number of fused-ring (bicyclic) bond motifs is 1. The smallest absolute Gasteiger partial charge is 0.255 e. The highest BCUT2D eigenvalue weighted by Gasteiger charge is 2.36. The molecule has 0 spiro atoms. The molecule has 0 aliphatic carbocycles. The molecule has 8 nitrogen and oxygen atoms in total. The summed E-state index contributed by atoms with van der Waals surface area (Å²) < 4.78 is 32.6. The van der Waals surface area contributed by atoms with Crippen molar-refractivity contribution in [3.8, 4) is 5.75 Å². The summed E-state index contributed by atoms with van der Waals surface area (Å²) in [6, 6.07) is 3.34. The fourth-order valence-electron chi connectivity index (χ4n) is 3.83. The Morgan fingerprint density at radius 1 is 1.12 bits per heavy atom. The summed E-state index contributed by atoms with van der Waals surface area (Å²) in [5.41, 5.74) is 1.36. The van der Waals surface area contributed by atoms with E-state index in [0.29, 0.717) is 48.1 Å². The Labute approximate surface area is 198 Å². The topological polar surface area (TPSA) is 87.7 Å². The van der Waals surface area contributed by atoms with Gasteiger partial charge in [0.05, 0.1) is 29.6 Å². The standard InChI is InChI=1S/C24H29F2N5O3.H2/c1-23(2,3)15-29-21(32)16-10-18(14-27-12-16)31-8-9-34-19-11-17(13-28-20(19)31)22(33)30-6-4-24(25,26)5-7-30;/h10-14H,4-9,15H2,1-3H3,(H,29,32);1H. The molecule has 2 aromatic rings. The summed E-state index contributed by atoms with van der Waals surface area (Å²) in [6.45, 7) is 7.50. The summed E-state index contributed by atoms with van der Waals surface area (Å²) >= 11 is 0. The van der Waals surface area contributed by atoms with Crippen LogP contribution in [0.15, 0.2) is 30.7 Å². The zero-order valence-electron chi connectivity index (χ0n) is 19.6. The van der Waals surface area contributed by atoms with Gasteiger partial charge in [0.2, 0.25) is 0 Å². The van der Waals surface area contributed by atoms with Crippen molar-refractivity contribution in [2.24, 2.45) is 5.41 Å². The minimum absolute atomic E-state index is 0. The lowest BCUT2D eigenvalue weighted by Gasteiger charge is -2.32. The molecule has 0 radical (unpaired) electrons. The Hall–Kier alpha value is -3.30. The number of ether oxygens (including phenoxy) is 1. The number of nitrogens with zero attached hydrogens (tertiary/aromatic N) is 4. The Kier molecular flexibility index (Phi) is 6.42.